The fraction of sp³-hybridized carbons (Fsp3) is 0.538. The molecule has 0 aliphatic carbocycles. The van der Waals surface area contributed by atoms with Crippen LogP contribution < -0.4 is 4.90 Å². The molecule has 1 aliphatic rings. The Hall–Kier alpha value is -1.02. The molecule has 0 N–H and O–H groups in total. The molecule has 0 radical (unpaired) electrons. The van der Waals surface area contributed by atoms with E-state index in [0.717, 1.165) is 26.2 Å². The lowest BCUT2D eigenvalue weighted by Gasteiger charge is -2.18. The molecule has 82 valence electrons. The van der Waals surface area contributed by atoms with Crippen molar-refractivity contribution in [3.8, 4) is 0 Å². The van der Waals surface area contributed by atoms with E-state index >= 15 is 0 Å². The van der Waals surface area contributed by atoms with E-state index in [1.807, 2.05) is 6.92 Å². The van der Waals surface area contributed by atoms with E-state index < -0.39 is 0 Å². The van der Waals surface area contributed by atoms with Gasteiger partial charge in [-0.25, -0.2) is 0 Å². The van der Waals surface area contributed by atoms with Gasteiger partial charge in [-0.2, -0.15) is 0 Å². The van der Waals surface area contributed by atoms with Crippen molar-refractivity contribution in [3.63, 3.8) is 0 Å². The topological polar surface area (TPSA) is 12.5 Å². The number of nitrogens with zero attached hydrogens (tertiary/aromatic N) is 1. The van der Waals surface area contributed by atoms with Gasteiger partial charge in [-0.15, -0.1) is 0 Å². The Bertz CT molecular complexity index is 311. The number of hydrogen-bond acceptors (Lipinski definition) is 2. The summed E-state index contributed by atoms with van der Waals surface area (Å²) in [5.41, 5.74) is 2.92. The predicted octanol–water partition coefficient (Wildman–Crippen LogP) is 2.48. The average Bonchev–Trinajstić information content (AvgIpc) is 2.68. The van der Waals surface area contributed by atoms with Crippen LogP contribution in [0.25, 0.3) is 0 Å². The highest BCUT2D eigenvalue weighted by Gasteiger charge is 2.16. The Balaban J connectivity index is 1.85. The second-order valence-corrected chi connectivity index (χ2v) is 3.92. The zero-order chi connectivity index (χ0) is 10.5. The van der Waals surface area contributed by atoms with Crippen LogP contribution in [0.2, 0.25) is 0 Å². The van der Waals surface area contributed by atoms with Gasteiger partial charge in [0.25, 0.3) is 0 Å². The second-order valence-electron chi connectivity index (χ2n) is 3.92. The minimum Gasteiger partial charge on any atom is -0.382 e. The SMILES string of the molecule is CCOCCCN1CCc2ccccc21. The molecule has 1 aliphatic heterocycles. The van der Waals surface area contributed by atoms with Crippen LogP contribution in [0.1, 0.15) is 18.9 Å². The maximum absolute atomic E-state index is 5.35. The molecule has 2 heteroatoms. The normalized spacial score (nSPS) is 14.3. The quantitative estimate of drug-likeness (QED) is 0.685. The zero-order valence-corrected chi connectivity index (χ0v) is 9.41. The van der Waals surface area contributed by atoms with Crippen LogP contribution >= 0.6 is 0 Å². The number of ether oxygens (including phenoxy) is 1. The van der Waals surface area contributed by atoms with Gasteiger partial charge in [0.1, 0.15) is 0 Å². The van der Waals surface area contributed by atoms with Crippen molar-refractivity contribution in [2.24, 2.45) is 0 Å². The average molecular weight is 205 g/mol. The van der Waals surface area contributed by atoms with Crippen molar-refractivity contribution in [1.82, 2.24) is 0 Å². The van der Waals surface area contributed by atoms with Crippen molar-refractivity contribution < 1.29 is 4.74 Å². The van der Waals surface area contributed by atoms with Crippen LogP contribution in [-0.2, 0) is 11.2 Å². The molecular weight excluding hydrogens is 186 g/mol. The maximum Gasteiger partial charge on any atom is 0.0482 e. The van der Waals surface area contributed by atoms with E-state index in [1.54, 1.807) is 0 Å². The van der Waals surface area contributed by atoms with Crippen molar-refractivity contribution in [1.29, 1.82) is 0 Å². The van der Waals surface area contributed by atoms with Gasteiger partial charge in [-0.05, 0) is 31.4 Å². The Kier molecular flexibility index (Phi) is 3.62. The van der Waals surface area contributed by atoms with Crippen molar-refractivity contribution in [3.05, 3.63) is 29.8 Å². The third kappa shape index (κ3) is 2.51. The van der Waals surface area contributed by atoms with Crippen LogP contribution in [-0.4, -0.2) is 26.3 Å². The fourth-order valence-electron chi connectivity index (χ4n) is 2.14. The van der Waals surface area contributed by atoms with Gasteiger partial charge in [0.2, 0.25) is 0 Å². The van der Waals surface area contributed by atoms with Gasteiger partial charge in [-0.3, -0.25) is 0 Å². The second kappa shape index (κ2) is 5.17. The number of rotatable bonds is 5. The van der Waals surface area contributed by atoms with Gasteiger partial charge in [0.15, 0.2) is 0 Å². The van der Waals surface area contributed by atoms with Crippen molar-refractivity contribution in [2.45, 2.75) is 19.8 Å². The van der Waals surface area contributed by atoms with Gasteiger partial charge in [0.05, 0.1) is 0 Å². The number of hydrogen-bond donors (Lipinski definition) is 0. The molecular formula is C13H19NO. The molecule has 0 unspecified atom stereocenters. The van der Waals surface area contributed by atoms with E-state index in [-0.39, 0.29) is 0 Å². The van der Waals surface area contributed by atoms with E-state index in [9.17, 15) is 0 Å². The molecule has 0 saturated heterocycles. The summed E-state index contributed by atoms with van der Waals surface area (Å²) in [7, 11) is 0. The molecule has 15 heavy (non-hydrogen) atoms. The monoisotopic (exact) mass is 205 g/mol. The van der Waals surface area contributed by atoms with Crippen LogP contribution in [0.15, 0.2) is 24.3 Å². The summed E-state index contributed by atoms with van der Waals surface area (Å²) in [5, 5.41) is 0. The summed E-state index contributed by atoms with van der Waals surface area (Å²) < 4.78 is 5.35. The molecule has 0 spiro atoms. The molecule has 0 fully saturated rings. The van der Waals surface area contributed by atoms with E-state index in [1.165, 1.54) is 24.2 Å². The molecule has 0 aromatic heterocycles. The van der Waals surface area contributed by atoms with Crippen LogP contribution in [0, 0.1) is 0 Å². The zero-order valence-electron chi connectivity index (χ0n) is 9.41. The van der Waals surface area contributed by atoms with E-state index in [2.05, 4.69) is 29.2 Å². The highest BCUT2D eigenvalue weighted by Crippen LogP contribution is 2.27. The first-order chi connectivity index (χ1) is 7.42. The summed E-state index contributed by atoms with van der Waals surface area (Å²) in [5.74, 6) is 0. The number of para-hydroxylation sites is 1. The van der Waals surface area contributed by atoms with E-state index in [0.29, 0.717) is 0 Å². The third-order valence-corrected chi connectivity index (χ3v) is 2.90. The van der Waals surface area contributed by atoms with Crippen molar-refractivity contribution in [2.75, 3.05) is 31.2 Å². The minimum atomic E-state index is 0.830. The fourth-order valence-corrected chi connectivity index (χ4v) is 2.14. The molecule has 0 saturated carbocycles. The lowest BCUT2D eigenvalue weighted by atomic mass is 10.2. The highest BCUT2D eigenvalue weighted by atomic mass is 16.5. The first-order valence-electron chi connectivity index (χ1n) is 5.82. The lowest BCUT2D eigenvalue weighted by Crippen LogP contribution is -2.22. The van der Waals surface area contributed by atoms with Crippen molar-refractivity contribution >= 4 is 5.69 Å². The Morgan fingerprint density at radius 1 is 1.33 bits per heavy atom. The smallest absolute Gasteiger partial charge is 0.0482 e. The Morgan fingerprint density at radius 3 is 3.07 bits per heavy atom. The summed E-state index contributed by atoms with van der Waals surface area (Å²) in [6.07, 6.45) is 2.33. The summed E-state index contributed by atoms with van der Waals surface area (Å²) >= 11 is 0. The van der Waals surface area contributed by atoms with E-state index in [4.69, 9.17) is 4.74 Å². The van der Waals surface area contributed by atoms with Gasteiger partial charge in [-0.1, -0.05) is 18.2 Å². The van der Waals surface area contributed by atoms with Gasteiger partial charge >= 0.3 is 0 Å². The first kappa shape index (κ1) is 10.5. The largest absolute Gasteiger partial charge is 0.382 e. The molecule has 0 atom stereocenters. The number of fused-ring (bicyclic) bond motifs is 1. The third-order valence-electron chi connectivity index (χ3n) is 2.90. The maximum atomic E-state index is 5.35. The Morgan fingerprint density at radius 2 is 2.20 bits per heavy atom. The summed E-state index contributed by atoms with van der Waals surface area (Å²) in [6, 6.07) is 8.71. The Labute approximate surface area is 91.9 Å². The molecule has 1 aromatic carbocycles. The predicted molar refractivity (Wildman–Crippen MR) is 63.5 cm³/mol. The first-order valence-corrected chi connectivity index (χ1v) is 5.82. The van der Waals surface area contributed by atoms with Gasteiger partial charge < -0.3 is 9.64 Å². The van der Waals surface area contributed by atoms with Crippen LogP contribution in [0.5, 0.6) is 0 Å². The summed E-state index contributed by atoms with van der Waals surface area (Å²) in [6.45, 7) is 6.05. The van der Waals surface area contributed by atoms with Gasteiger partial charge in [0, 0.05) is 32.0 Å². The van der Waals surface area contributed by atoms with Crippen LogP contribution in [0.4, 0.5) is 5.69 Å². The molecule has 0 bridgehead atoms. The molecule has 1 heterocycles. The molecule has 0 amide bonds. The van der Waals surface area contributed by atoms with Crippen LogP contribution in [0.3, 0.4) is 0 Å². The standard InChI is InChI=1S/C13H19NO/c1-2-15-11-5-9-14-10-8-12-6-3-4-7-13(12)14/h3-4,6-7H,2,5,8-11H2,1H3. The number of anilines is 1. The highest BCUT2D eigenvalue weighted by molar-refractivity contribution is 5.57. The molecule has 2 rings (SSSR count). The summed E-state index contributed by atoms with van der Waals surface area (Å²) in [4.78, 5) is 2.47. The lowest BCUT2D eigenvalue weighted by molar-refractivity contribution is 0.146. The molecule has 2 nitrogen and oxygen atoms in total. The minimum absolute atomic E-state index is 0.830. The molecule has 1 aromatic rings. The number of benzene rings is 1.